The van der Waals surface area contributed by atoms with Crippen molar-refractivity contribution >= 4 is 34.6 Å². The lowest BCUT2D eigenvalue weighted by Crippen LogP contribution is -2.60. The molecule has 2 amide bonds. The number of amides is 2. The zero-order valence-electron chi connectivity index (χ0n) is 34.2. The Kier molecular flexibility index (Phi) is 14.0. The molecule has 2 aromatic heterocycles. The van der Waals surface area contributed by atoms with E-state index in [-0.39, 0.29) is 45.8 Å². The van der Waals surface area contributed by atoms with Crippen LogP contribution in [0.5, 0.6) is 0 Å². The van der Waals surface area contributed by atoms with Crippen molar-refractivity contribution in [3.8, 4) is 11.3 Å². The molecule has 0 saturated carbocycles. The Bertz CT molecular complexity index is 2130. The summed E-state index contributed by atoms with van der Waals surface area (Å²) >= 11 is 0. The predicted octanol–water partition coefficient (Wildman–Crippen LogP) is 6.00. The van der Waals surface area contributed by atoms with Gasteiger partial charge in [-0.2, -0.15) is 13.2 Å². The van der Waals surface area contributed by atoms with Crippen LogP contribution in [-0.4, -0.2) is 107 Å². The Morgan fingerprint density at radius 1 is 1.08 bits per heavy atom. The number of hydrazine groups is 1. The number of carboxylic acids is 1. The van der Waals surface area contributed by atoms with Crippen LogP contribution in [0.2, 0.25) is 0 Å². The molecule has 2 aliphatic heterocycles. The SMILES string of the molecule is CO[C@@H](C)c1ncccc1-c1c(CC(C)(C)CO)c2cc(N3CCOC(CC(NC(=O)OCc4ccccc4)C(=O)N4CCCC(C(=O)O)N4)C3)ccc2n1CC(F)(F)F. The molecule has 17 heteroatoms. The summed E-state index contributed by atoms with van der Waals surface area (Å²) < 4.78 is 61.8. The fourth-order valence-electron chi connectivity index (χ4n) is 7.83. The van der Waals surface area contributed by atoms with Gasteiger partial charge in [0, 0.05) is 68.1 Å². The monoisotopic (exact) mass is 838 g/mol. The number of aliphatic hydroxyl groups excluding tert-OH is 1. The highest BCUT2D eigenvalue weighted by atomic mass is 19.4. The molecule has 14 nitrogen and oxygen atoms in total. The second-order valence-electron chi connectivity index (χ2n) is 16.1. The molecule has 6 rings (SSSR count). The number of alkyl carbamates (subject to hydrolysis) is 1. The molecule has 4 aromatic rings. The van der Waals surface area contributed by atoms with Crippen LogP contribution in [0.1, 0.15) is 63.0 Å². The van der Waals surface area contributed by atoms with Crippen molar-refractivity contribution in [1.29, 1.82) is 0 Å². The van der Waals surface area contributed by atoms with Crippen LogP contribution in [0.4, 0.5) is 23.7 Å². The van der Waals surface area contributed by atoms with Gasteiger partial charge >= 0.3 is 18.2 Å². The molecule has 2 saturated heterocycles. The number of morpholine rings is 1. The number of fused-ring (bicyclic) bond motifs is 1. The number of hydrogen-bond acceptors (Lipinski definition) is 10. The van der Waals surface area contributed by atoms with Gasteiger partial charge in [0.2, 0.25) is 0 Å². The van der Waals surface area contributed by atoms with E-state index in [1.165, 1.54) is 16.7 Å². The molecule has 3 unspecified atom stereocenters. The van der Waals surface area contributed by atoms with E-state index in [4.69, 9.17) is 14.2 Å². The van der Waals surface area contributed by atoms with Crippen LogP contribution in [0.25, 0.3) is 22.2 Å². The third-order valence-electron chi connectivity index (χ3n) is 11.0. The first-order valence-corrected chi connectivity index (χ1v) is 20.0. The second kappa shape index (κ2) is 19.0. The molecule has 0 spiro atoms. The van der Waals surface area contributed by atoms with E-state index in [2.05, 4.69) is 15.7 Å². The number of carbonyl (C=O) groups excluding carboxylic acids is 2. The zero-order valence-corrected chi connectivity index (χ0v) is 34.2. The fourth-order valence-corrected chi connectivity index (χ4v) is 7.83. The first kappa shape index (κ1) is 44.3. The summed E-state index contributed by atoms with van der Waals surface area (Å²) in [5.74, 6) is -1.65. The molecule has 4 heterocycles. The highest BCUT2D eigenvalue weighted by molar-refractivity contribution is 5.95. The summed E-state index contributed by atoms with van der Waals surface area (Å²) in [7, 11) is 1.51. The Labute approximate surface area is 346 Å². The molecule has 0 bridgehead atoms. The van der Waals surface area contributed by atoms with Gasteiger partial charge in [0.05, 0.1) is 30.2 Å². The summed E-state index contributed by atoms with van der Waals surface area (Å²) in [5, 5.41) is 24.5. The number of aromatic nitrogens is 2. The normalized spacial score (nSPS) is 18.6. The lowest BCUT2D eigenvalue weighted by atomic mass is 9.84. The van der Waals surface area contributed by atoms with Crippen molar-refractivity contribution < 1.29 is 52.0 Å². The van der Waals surface area contributed by atoms with Crippen LogP contribution >= 0.6 is 0 Å². The number of benzene rings is 2. The lowest BCUT2D eigenvalue weighted by molar-refractivity contribution is -0.148. The third kappa shape index (κ3) is 10.7. The fraction of sp³-hybridized carbons (Fsp3) is 0.488. The molecule has 2 fully saturated rings. The Balaban J connectivity index is 1.33. The van der Waals surface area contributed by atoms with Crippen molar-refractivity contribution in [3.05, 3.63) is 83.7 Å². The molecule has 324 valence electrons. The minimum Gasteiger partial charge on any atom is -0.480 e. The third-order valence-corrected chi connectivity index (χ3v) is 11.0. The molecule has 2 aliphatic rings. The van der Waals surface area contributed by atoms with Crippen LogP contribution in [-0.2, 0) is 43.4 Å². The van der Waals surface area contributed by atoms with E-state index in [0.717, 1.165) is 5.56 Å². The number of rotatable bonds is 15. The van der Waals surface area contributed by atoms with Crippen molar-refractivity contribution in [1.82, 2.24) is 25.3 Å². The standard InChI is InChI=1S/C43H53F3N6O8/c1-27(58-4)37-31(12-8-16-47-37)38-33(22-42(2,3)26-53)32-20-29(14-15-36(32)51(38)25-43(44,45)46)50-18-19-59-30(23-50)21-35(39(54)52-17-9-13-34(49-52)40(55)56)48-41(57)60-24-28-10-6-5-7-11-28/h5-8,10-12,14-16,20,27,30,34-35,49,53H,9,13,17-19,21-26H2,1-4H3,(H,48,57)(H,55,56)/t27-,30?,34?,35?/m0/s1. The average Bonchev–Trinajstić information content (AvgIpc) is 3.52. The summed E-state index contributed by atoms with van der Waals surface area (Å²) in [6.07, 6.45) is -3.94. The highest BCUT2D eigenvalue weighted by Crippen LogP contribution is 2.42. The number of anilines is 1. The van der Waals surface area contributed by atoms with Crippen molar-refractivity contribution in [2.75, 3.05) is 44.9 Å². The number of aliphatic carboxylic acids is 1. The molecule has 0 aliphatic carbocycles. The first-order valence-electron chi connectivity index (χ1n) is 20.0. The number of alkyl halides is 3. The van der Waals surface area contributed by atoms with E-state index < -0.39 is 60.4 Å². The number of hydrogen-bond donors (Lipinski definition) is 4. The molecular weight excluding hydrogens is 786 g/mol. The number of carbonyl (C=O) groups is 3. The second-order valence-corrected chi connectivity index (χ2v) is 16.1. The number of carboxylic acid groups (broad SMARTS) is 1. The number of nitrogens with one attached hydrogen (secondary N) is 2. The molecule has 4 atom stereocenters. The van der Waals surface area contributed by atoms with Gasteiger partial charge in [-0.05, 0) is 73.1 Å². The Morgan fingerprint density at radius 2 is 1.85 bits per heavy atom. The number of nitrogens with zero attached hydrogens (tertiary/aromatic N) is 4. The maximum atomic E-state index is 14.4. The van der Waals surface area contributed by atoms with Gasteiger partial charge in [0.1, 0.15) is 25.2 Å². The molecule has 60 heavy (non-hydrogen) atoms. The maximum Gasteiger partial charge on any atom is 0.408 e. The molecular formula is C43H53F3N6O8. The van der Waals surface area contributed by atoms with E-state index in [1.807, 2.05) is 30.9 Å². The largest absolute Gasteiger partial charge is 0.480 e. The number of halogens is 3. The van der Waals surface area contributed by atoms with Crippen LogP contribution in [0.15, 0.2) is 66.9 Å². The van der Waals surface area contributed by atoms with Crippen LogP contribution in [0, 0.1) is 5.41 Å². The van der Waals surface area contributed by atoms with Crippen molar-refractivity contribution in [3.63, 3.8) is 0 Å². The minimum atomic E-state index is -4.57. The maximum absolute atomic E-state index is 14.4. The van der Waals surface area contributed by atoms with E-state index in [0.29, 0.717) is 58.5 Å². The van der Waals surface area contributed by atoms with Gasteiger partial charge in [0.15, 0.2) is 0 Å². The van der Waals surface area contributed by atoms with Gasteiger partial charge in [-0.1, -0.05) is 44.2 Å². The van der Waals surface area contributed by atoms with Crippen LogP contribution in [0.3, 0.4) is 0 Å². The summed E-state index contributed by atoms with van der Waals surface area (Å²) in [6.45, 7) is 5.13. The van der Waals surface area contributed by atoms with Gasteiger partial charge in [-0.3, -0.25) is 19.6 Å². The highest BCUT2D eigenvalue weighted by Gasteiger charge is 2.37. The zero-order chi connectivity index (χ0) is 43.2. The van der Waals surface area contributed by atoms with Crippen molar-refractivity contribution in [2.45, 2.75) is 90.1 Å². The van der Waals surface area contributed by atoms with E-state index in [9.17, 15) is 37.8 Å². The topological polar surface area (TPSA) is 168 Å². The van der Waals surface area contributed by atoms with Crippen LogP contribution < -0.4 is 15.6 Å². The number of pyridine rings is 1. The smallest absolute Gasteiger partial charge is 0.408 e. The predicted molar refractivity (Wildman–Crippen MR) is 217 cm³/mol. The average molecular weight is 839 g/mol. The Morgan fingerprint density at radius 3 is 2.55 bits per heavy atom. The lowest BCUT2D eigenvalue weighted by Gasteiger charge is -2.38. The van der Waals surface area contributed by atoms with Gasteiger partial charge < -0.3 is 39.2 Å². The van der Waals surface area contributed by atoms with Gasteiger partial charge in [-0.25, -0.2) is 10.2 Å². The Hall–Kier alpha value is -5.23. The quantitative estimate of drug-likeness (QED) is 0.111. The molecule has 0 radical (unpaired) electrons. The van der Waals surface area contributed by atoms with Gasteiger partial charge in [0.25, 0.3) is 5.91 Å². The summed E-state index contributed by atoms with van der Waals surface area (Å²) in [5.41, 5.74) is 5.80. The van der Waals surface area contributed by atoms with Gasteiger partial charge in [-0.15, -0.1) is 0 Å². The number of methoxy groups -OCH3 is 1. The van der Waals surface area contributed by atoms with E-state index in [1.54, 1.807) is 61.7 Å². The molecule has 4 N–H and O–H groups in total. The summed E-state index contributed by atoms with van der Waals surface area (Å²) in [6, 6.07) is 15.6. The van der Waals surface area contributed by atoms with Crippen molar-refractivity contribution in [2.24, 2.45) is 5.41 Å². The van der Waals surface area contributed by atoms with E-state index >= 15 is 0 Å². The number of ether oxygens (including phenoxy) is 3. The minimum absolute atomic E-state index is 0.0114. The summed E-state index contributed by atoms with van der Waals surface area (Å²) in [4.78, 5) is 45.4. The first-order chi connectivity index (χ1) is 28.6. The number of aliphatic hydroxyl groups is 1. The molecule has 2 aromatic carbocycles.